The molecule has 0 heterocycles. The predicted molar refractivity (Wildman–Crippen MR) is 155 cm³/mol. The van der Waals surface area contributed by atoms with Gasteiger partial charge in [0.2, 0.25) is 0 Å². The Balaban J connectivity index is 0.000000347. The molecule has 0 radical (unpaired) electrons. The first kappa shape index (κ1) is 34.5. The average molecular weight is 767 g/mol. The van der Waals surface area contributed by atoms with Crippen molar-refractivity contribution in [3.05, 3.63) is 99.9 Å². The Hall–Kier alpha value is -3.73. The minimum atomic E-state index is -4.50. The first-order chi connectivity index (χ1) is 19.8. The van der Waals surface area contributed by atoms with Gasteiger partial charge in [-0.25, -0.2) is 8.78 Å². The Morgan fingerprint density at radius 1 is 0.619 bits per heavy atom. The molecule has 0 saturated heterocycles. The summed E-state index contributed by atoms with van der Waals surface area (Å²) in [5, 5.41) is 34.8. The number of nitriles is 4. The molecule has 0 aliphatic carbocycles. The van der Waals surface area contributed by atoms with Crippen molar-refractivity contribution in [2.45, 2.75) is 38.8 Å². The smallest absolute Gasteiger partial charge is 0.206 e. The highest BCUT2D eigenvalue weighted by Crippen LogP contribution is 2.32. The van der Waals surface area contributed by atoms with Crippen molar-refractivity contribution < 1.29 is 22.0 Å². The molecular weight excluding hydrogens is 751 g/mol. The Kier molecular flexibility index (Phi) is 12.7. The highest BCUT2D eigenvalue weighted by molar-refractivity contribution is 9.11. The fourth-order valence-corrected chi connectivity index (χ4v) is 5.57. The third-order valence-corrected chi connectivity index (χ3v) is 7.67. The molecule has 42 heavy (non-hydrogen) atoms. The first-order valence-corrected chi connectivity index (χ1v) is 14.0. The van der Waals surface area contributed by atoms with Crippen LogP contribution < -0.4 is 0 Å². The van der Waals surface area contributed by atoms with E-state index in [0.29, 0.717) is 30.1 Å². The van der Waals surface area contributed by atoms with Gasteiger partial charge >= 0.3 is 6.18 Å². The standard InChI is InChI=1S/C20H11BrF4N2.C10H5Br2FN2/c1-12-8-13(10-15(9-12)20(23,24)25)2-3-14-11-18(21)17(5-7-27)19(22)16(14)4-6-26;11-8-5-9(12)7(2-4-15)10(13)6(8)1-3-14/h8-11H,4-5H2,1H3;5H,1-2H2. The number of benzene rings is 3. The van der Waals surface area contributed by atoms with E-state index < -0.39 is 23.4 Å². The lowest BCUT2D eigenvalue weighted by atomic mass is 9.99. The summed E-state index contributed by atoms with van der Waals surface area (Å²) in [6, 6.07) is 14.0. The van der Waals surface area contributed by atoms with Crippen molar-refractivity contribution in [3.63, 3.8) is 0 Å². The van der Waals surface area contributed by atoms with Crippen LogP contribution in [0.15, 0.2) is 43.7 Å². The number of rotatable bonds is 4. The molecule has 0 atom stereocenters. The van der Waals surface area contributed by atoms with Crippen LogP contribution in [-0.2, 0) is 31.9 Å². The largest absolute Gasteiger partial charge is 0.416 e. The van der Waals surface area contributed by atoms with Crippen LogP contribution in [0.3, 0.4) is 0 Å². The van der Waals surface area contributed by atoms with Gasteiger partial charge in [0.1, 0.15) is 11.6 Å². The van der Waals surface area contributed by atoms with Crippen molar-refractivity contribution in [1.29, 1.82) is 21.0 Å². The Bertz CT molecular complexity index is 1710. The second kappa shape index (κ2) is 15.5. The van der Waals surface area contributed by atoms with Gasteiger partial charge in [-0.15, -0.1) is 0 Å². The van der Waals surface area contributed by atoms with Crippen LogP contribution in [-0.4, -0.2) is 0 Å². The molecule has 3 aromatic rings. The second-order valence-electron chi connectivity index (χ2n) is 8.46. The molecule has 0 bridgehead atoms. The van der Waals surface area contributed by atoms with E-state index in [2.05, 4.69) is 59.6 Å². The molecule has 0 N–H and O–H groups in total. The van der Waals surface area contributed by atoms with Crippen LogP contribution >= 0.6 is 47.8 Å². The van der Waals surface area contributed by atoms with Crippen molar-refractivity contribution in [2.75, 3.05) is 0 Å². The van der Waals surface area contributed by atoms with Gasteiger partial charge in [0.05, 0.1) is 55.5 Å². The normalized spacial score (nSPS) is 10.1. The van der Waals surface area contributed by atoms with Gasteiger partial charge in [0.25, 0.3) is 0 Å². The van der Waals surface area contributed by atoms with E-state index in [1.54, 1.807) is 6.07 Å². The van der Waals surface area contributed by atoms with E-state index in [4.69, 9.17) is 21.0 Å². The van der Waals surface area contributed by atoms with Gasteiger partial charge < -0.3 is 0 Å². The Morgan fingerprint density at radius 2 is 1.05 bits per heavy atom. The average Bonchev–Trinajstić information content (AvgIpc) is 2.91. The summed E-state index contributed by atoms with van der Waals surface area (Å²) in [6.45, 7) is 1.52. The number of nitrogens with zero attached hydrogens (tertiary/aromatic N) is 4. The van der Waals surface area contributed by atoms with Crippen LogP contribution in [0.4, 0.5) is 22.0 Å². The van der Waals surface area contributed by atoms with E-state index in [-0.39, 0.29) is 47.9 Å². The summed E-state index contributed by atoms with van der Waals surface area (Å²) < 4.78 is 68.6. The van der Waals surface area contributed by atoms with E-state index >= 15 is 0 Å². The maximum absolute atomic E-state index is 14.6. The minimum Gasteiger partial charge on any atom is -0.206 e. The zero-order valence-corrected chi connectivity index (χ0v) is 26.3. The quantitative estimate of drug-likeness (QED) is 0.196. The van der Waals surface area contributed by atoms with E-state index in [1.807, 2.05) is 24.3 Å². The Morgan fingerprint density at radius 3 is 1.50 bits per heavy atom. The Labute approximate surface area is 264 Å². The van der Waals surface area contributed by atoms with Crippen LogP contribution in [0.1, 0.15) is 44.5 Å². The van der Waals surface area contributed by atoms with E-state index in [0.717, 1.165) is 12.1 Å². The van der Waals surface area contributed by atoms with Gasteiger partial charge in [-0.05, 0) is 42.8 Å². The van der Waals surface area contributed by atoms with Crippen LogP contribution in [0.25, 0.3) is 0 Å². The third-order valence-electron chi connectivity index (χ3n) is 5.54. The molecule has 12 heteroatoms. The zero-order valence-electron chi connectivity index (χ0n) is 21.5. The summed E-state index contributed by atoms with van der Waals surface area (Å²) in [4.78, 5) is 0. The molecule has 0 saturated carbocycles. The molecule has 0 aromatic heterocycles. The van der Waals surface area contributed by atoms with E-state index in [9.17, 15) is 22.0 Å². The van der Waals surface area contributed by atoms with Crippen molar-refractivity contribution in [1.82, 2.24) is 0 Å². The maximum Gasteiger partial charge on any atom is 0.416 e. The summed E-state index contributed by atoms with van der Waals surface area (Å²) in [5.74, 6) is 4.06. The highest BCUT2D eigenvalue weighted by Gasteiger charge is 2.30. The molecule has 3 rings (SSSR count). The van der Waals surface area contributed by atoms with Crippen LogP contribution in [0.2, 0.25) is 0 Å². The molecular formula is C30H16Br3F5N4. The van der Waals surface area contributed by atoms with Crippen LogP contribution in [0, 0.1) is 75.7 Å². The van der Waals surface area contributed by atoms with Gasteiger partial charge in [-0.1, -0.05) is 59.6 Å². The molecule has 0 aliphatic rings. The molecule has 0 aliphatic heterocycles. The van der Waals surface area contributed by atoms with Crippen LogP contribution in [0.5, 0.6) is 0 Å². The summed E-state index contributed by atoms with van der Waals surface area (Å²) >= 11 is 9.53. The highest BCUT2D eigenvalue weighted by atomic mass is 79.9. The van der Waals surface area contributed by atoms with Gasteiger partial charge in [0, 0.05) is 46.8 Å². The lowest BCUT2D eigenvalue weighted by Gasteiger charge is -2.09. The predicted octanol–water partition coefficient (Wildman–Crippen LogP) is 8.93. The molecule has 0 spiro atoms. The molecule has 4 nitrogen and oxygen atoms in total. The number of hydrogen-bond donors (Lipinski definition) is 0. The molecule has 0 amide bonds. The topological polar surface area (TPSA) is 95.2 Å². The van der Waals surface area contributed by atoms with Crippen molar-refractivity contribution in [2.24, 2.45) is 0 Å². The number of aryl methyl sites for hydroxylation is 1. The lowest BCUT2D eigenvalue weighted by Crippen LogP contribution is -2.05. The summed E-state index contributed by atoms with van der Waals surface area (Å²) in [5.41, 5.74) is 0.603. The lowest BCUT2D eigenvalue weighted by molar-refractivity contribution is -0.137. The second-order valence-corrected chi connectivity index (χ2v) is 11.0. The van der Waals surface area contributed by atoms with Gasteiger partial charge in [-0.3, -0.25) is 0 Å². The number of alkyl halides is 3. The zero-order chi connectivity index (χ0) is 31.6. The van der Waals surface area contributed by atoms with Gasteiger partial charge in [0.15, 0.2) is 0 Å². The maximum atomic E-state index is 14.6. The molecule has 0 fully saturated rings. The fraction of sp³-hybridized carbons (Fsp3) is 0.200. The SMILES string of the molecule is Cc1cc(C#Cc2cc(Br)c(CC#N)c(F)c2CC#N)cc(C(F)(F)F)c1.N#CCc1c(Br)cc(Br)c(CC#N)c1F. The molecule has 212 valence electrons. The summed E-state index contributed by atoms with van der Waals surface area (Å²) in [7, 11) is 0. The van der Waals surface area contributed by atoms with Crippen molar-refractivity contribution >= 4 is 47.8 Å². The number of hydrogen-bond acceptors (Lipinski definition) is 4. The first-order valence-electron chi connectivity index (χ1n) is 11.6. The number of halogens is 8. The summed E-state index contributed by atoms with van der Waals surface area (Å²) in [6.07, 6.45) is -4.99. The monoisotopic (exact) mass is 764 g/mol. The molecule has 3 aromatic carbocycles. The molecule has 0 unspecified atom stereocenters. The minimum absolute atomic E-state index is 0.0157. The van der Waals surface area contributed by atoms with Crippen molar-refractivity contribution in [3.8, 4) is 36.1 Å². The fourth-order valence-electron chi connectivity index (χ4n) is 3.63. The third kappa shape index (κ3) is 8.88. The van der Waals surface area contributed by atoms with Gasteiger partial charge in [-0.2, -0.15) is 34.2 Å². The van der Waals surface area contributed by atoms with E-state index in [1.165, 1.54) is 19.1 Å².